The highest BCUT2D eigenvalue weighted by Crippen LogP contribution is 2.27. The largest absolute Gasteiger partial charge is 0.370 e. The number of nitrogens with two attached hydrogens (primary N) is 2. The summed E-state index contributed by atoms with van der Waals surface area (Å²) in [6.07, 6.45) is 0.0882. The Kier molecular flexibility index (Phi) is 4.33. The molecule has 108 valence electrons. The minimum atomic E-state index is -0.415. The lowest BCUT2D eigenvalue weighted by atomic mass is 9.94. The molecular weight excluding hydrogens is 269 g/mol. The quantitative estimate of drug-likeness (QED) is 0.669. The van der Waals surface area contributed by atoms with Crippen molar-refractivity contribution in [2.75, 3.05) is 0 Å². The Hall–Kier alpha value is -2.69. The molecule has 1 amide bonds. The molecule has 0 saturated heterocycles. The van der Waals surface area contributed by atoms with Gasteiger partial charge in [0, 0.05) is 0 Å². The average Bonchev–Trinajstić information content (AvgIpc) is 2.39. The van der Waals surface area contributed by atoms with E-state index in [4.69, 9.17) is 11.5 Å². The van der Waals surface area contributed by atoms with Gasteiger partial charge < -0.3 is 11.5 Å². The fraction of sp³-hybridized carbons (Fsp3) is 0.125. The van der Waals surface area contributed by atoms with Gasteiger partial charge in [-0.1, -0.05) is 30.3 Å². The zero-order chi connectivity index (χ0) is 15.4. The van der Waals surface area contributed by atoms with Crippen molar-refractivity contribution in [2.24, 2.45) is 16.5 Å². The van der Waals surface area contributed by atoms with E-state index in [9.17, 15) is 9.18 Å². The van der Waals surface area contributed by atoms with Crippen LogP contribution in [0.25, 0.3) is 11.1 Å². The van der Waals surface area contributed by atoms with Crippen LogP contribution in [0.2, 0.25) is 0 Å². The standard InChI is InChI=1S/C16H16FN3O/c1-10-8-12(17)6-7-13(10)14-5-3-2-4-11(14)9-15(21)20-16(18)19/h2-8H,9H2,1H3,(H4,18,19,20,21). The summed E-state index contributed by atoms with van der Waals surface area (Å²) in [6, 6.07) is 12.0. The van der Waals surface area contributed by atoms with Gasteiger partial charge in [-0.05, 0) is 41.3 Å². The zero-order valence-electron chi connectivity index (χ0n) is 11.6. The molecule has 4 nitrogen and oxygen atoms in total. The fourth-order valence-corrected chi connectivity index (χ4v) is 2.21. The Labute approximate surface area is 122 Å². The van der Waals surface area contributed by atoms with Gasteiger partial charge in [-0.3, -0.25) is 4.79 Å². The summed E-state index contributed by atoms with van der Waals surface area (Å²) >= 11 is 0. The van der Waals surface area contributed by atoms with Gasteiger partial charge in [0.25, 0.3) is 5.91 Å². The molecule has 5 heteroatoms. The van der Waals surface area contributed by atoms with Crippen LogP contribution in [0.4, 0.5) is 4.39 Å². The summed E-state index contributed by atoms with van der Waals surface area (Å²) in [5, 5.41) is 0. The van der Waals surface area contributed by atoms with Gasteiger partial charge in [0.15, 0.2) is 5.96 Å². The van der Waals surface area contributed by atoms with Crippen LogP contribution in [-0.4, -0.2) is 11.9 Å². The molecule has 2 aromatic rings. The second-order valence-corrected chi connectivity index (χ2v) is 4.72. The lowest BCUT2D eigenvalue weighted by Crippen LogP contribution is -2.24. The Morgan fingerprint density at radius 1 is 1.14 bits per heavy atom. The molecule has 0 radical (unpaired) electrons. The molecule has 0 spiro atoms. The molecule has 0 atom stereocenters. The summed E-state index contributed by atoms with van der Waals surface area (Å²) in [6.45, 7) is 1.83. The van der Waals surface area contributed by atoms with E-state index in [1.165, 1.54) is 12.1 Å². The SMILES string of the molecule is Cc1cc(F)ccc1-c1ccccc1CC(=O)N=C(N)N. The minimum absolute atomic E-state index is 0.0882. The van der Waals surface area contributed by atoms with Gasteiger partial charge in [-0.25, -0.2) is 4.39 Å². The van der Waals surface area contributed by atoms with E-state index in [2.05, 4.69) is 4.99 Å². The maximum absolute atomic E-state index is 13.2. The normalized spacial score (nSPS) is 10.2. The molecule has 0 heterocycles. The van der Waals surface area contributed by atoms with Crippen LogP contribution in [0.15, 0.2) is 47.5 Å². The van der Waals surface area contributed by atoms with E-state index in [0.29, 0.717) is 0 Å². The summed E-state index contributed by atoms with van der Waals surface area (Å²) in [7, 11) is 0. The van der Waals surface area contributed by atoms with Crippen molar-refractivity contribution < 1.29 is 9.18 Å². The minimum Gasteiger partial charge on any atom is -0.370 e. The lowest BCUT2D eigenvalue weighted by Gasteiger charge is -2.11. The predicted molar refractivity (Wildman–Crippen MR) is 81.1 cm³/mol. The van der Waals surface area contributed by atoms with E-state index in [0.717, 1.165) is 22.3 Å². The van der Waals surface area contributed by atoms with Crippen molar-refractivity contribution in [3.8, 4) is 11.1 Å². The first-order chi connectivity index (χ1) is 9.97. The number of rotatable bonds is 3. The number of guanidine groups is 1. The average molecular weight is 285 g/mol. The van der Waals surface area contributed by atoms with Crippen molar-refractivity contribution in [3.63, 3.8) is 0 Å². The molecule has 2 aromatic carbocycles. The molecule has 0 saturated carbocycles. The molecule has 0 aliphatic heterocycles. The monoisotopic (exact) mass is 285 g/mol. The second kappa shape index (κ2) is 6.17. The number of benzene rings is 2. The highest BCUT2D eigenvalue weighted by Gasteiger charge is 2.11. The highest BCUT2D eigenvalue weighted by atomic mass is 19.1. The van der Waals surface area contributed by atoms with Gasteiger partial charge in [-0.15, -0.1) is 0 Å². The fourth-order valence-electron chi connectivity index (χ4n) is 2.21. The van der Waals surface area contributed by atoms with Crippen molar-refractivity contribution in [1.82, 2.24) is 0 Å². The Morgan fingerprint density at radius 3 is 2.52 bits per heavy atom. The lowest BCUT2D eigenvalue weighted by molar-refractivity contribution is -0.117. The first kappa shape index (κ1) is 14.7. The van der Waals surface area contributed by atoms with E-state index in [1.807, 2.05) is 31.2 Å². The topological polar surface area (TPSA) is 81.5 Å². The first-order valence-electron chi connectivity index (χ1n) is 6.44. The molecule has 0 unspecified atom stereocenters. The van der Waals surface area contributed by atoms with Crippen LogP contribution in [0.1, 0.15) is 11.1 Å². The molecule has 0 bridgehead atoms. The van der Waals surface area contributed by atoms with Gasteiger partial charge in [0.1, 0.15) is 5.82 Å². The second-order valence-electron chi connectivity index (χ2n) is 4.72. The third-order valence-corrected chi connectivity index (χ3v) is 3.09. The molecule has 21 heavy (non-hydrogen) atoms. The summed E-state index contributed by atoms with van der Waals surface area (Å²) in [5.41, 5.74) is 13.7. The molecular formula is C16H16FN3O. The van der Waals surface area contributed by atoms with Crippen LogP contribution in [0.3, 0.4) is 0 Å². The smallest absolute Gasteiger partial charge is 0.253 e. The summed E-state index contributed by atoms with van der Waals surface area (Å²) in [5.74, 6) is -0.956. The number of aryl methyl sites for hydroxylation is 1. The van der Waals surface area contributed by atoms with Crippen LogP contribution in [0.5, 0.6) is 0 Å². The molecule has 2 rings (SSSR count). The van der Waals surface area contributed by atoms with E-state index in [-0.39, 0.29) is 18.2 Å². The number of hydrogen-bond donors (Lipinski definition) is 2. The third-order valence-electron chi connectivity index (χ3n) is 3.09. The molecule has 0 fully saturated rings. The Balaban J connectivity index is 2.41. The molecule has 0 aliphatic rings. The van der Waals surface area contributed by atoms with Gasteiger partial charge in [0.2, 0.25) is 0 Å². The maximum Gasteiger partial charge on any atom is 0.253 e. The van der Waals surface area contributed by atoms with E-state index < -0.39 is 5.91 Å². The van der Waals surface area contributed by atoms with Crippen LogP contribution >= 0.6 is 0 Å². The number of halogens is 1. The summed E-state index contributed by atoms with van der Waals surface area (Å²) in [4.78, 5) is 15.3. The van der Waals surface area contributed by atoms with Crippen molar-refractivity contribution in [3.05, 3.63) is 59.4 Å². The van der Waals surface area contributed by atoms with Crippen LogP contribution in [-0.2, 0) is 11.2 Å². The first-order valence-corrected chi connectivity index (χ1v) is 6.44. The molecule has 0 aliphatic carbocycles. The predicted octanol–water partition coefficient (Wildman–Crippen LogP) is 2.14. The van der Waals surface area contributed by atoms with Gasteiger partial charge in [-0.2, -0.15) is 4.99 Å². The van der Waals surface area contributed by atoms with Gasteiger partial charge in [0.05, 0.1) is 6.42 Å². The molecule has 4 N–H and O–H groups in total. The van der Waals surface area contributed by atoms with Gasteiger partial charge >= 0.3 is 0 Å². The Bertz CT molecular complexity index is 706. The number of carbonyl (C=O) groups excluding carboxylic acids is 1. The third kappa shape index (κ3) is 3.66. The number of nitrogens with zero attached hydrogens (tertiary/aromatic N) is 1. The molecule has 0 aromatic heterocycles. The number of hydrogen-bond acceptors (Lipinski definition) is 1. The van der Waals surface area contributed by atoms with Crippen molar-refractivity contribution in [2.45, 2.75) is 13.3 Å². The Morgan fingerprint density at radius 2 is 1.86 bits per heavy atom. The number of amides is 1. The summed E-state index contributed by atoms with van der Waals surface area (Å²) < 4.78 is 13.2. The van der Waals surface area contributed by atoms with Crippen molar-refractivity contribution in [1.29, 1.82) is 0 Å². The van der Waals surface area contributed by atoms with Crippen LogP contribution in [0, 0.1) is 12.7 Å². The van der Waals surface area contributed by atoms with E-state index in [1.54, 1.807) is 6.07 Å². The number of aliphatic imine (C=N–C) groups is 1. The zero-order valence-corrected chi connectivity index (χ0v) is 11.6. The highest BCUT2D eigenvalue weighted by molar-refractivity contribution is 5.93. The number of carbonyl (C=O) groups is 1. The van der Waals surface area contributed by atoms with Crippen LogP contribution < -0.4 is 11.5 Å². The van der Waals surface area contributed by atoms with Crippen molar-refractivity contribution >= 4 is 11.9 Å². The maximum atomic E-state index is 13.2. The van der Waals surface area contributed by atoms with E-state index >= 15 is 0 Å².